The van der Waals surface area contributed by atoms with Gasteiger partial charge in [-0.3, -0.25) is 4.90 Å². The molecule has 1 saturated heterocycles. The van der Waals surface area contributed by atoms with E-state index in [9.17, 15) is 0 Å². The number of halogens is 2. The van der Waals surface area contributed by atoms with E-state index in [2.05, 4.69) is 4.90 Å². The van der Waals surface area contributed by atoms with Crippen molar-refractivity contribution in [2.24, 2.45) is 0 Å². The van der Waals surface area contributed by atoms with Crippen LogP contribution >= 0.6 is 23.2 Å². The minimum Gasteiger partial charge on any atom is -0.498 e. The number of hydrogen-bond acceptors (Lipinski definition) is 3. The fourth-order valence-corrected chi connectivity index (χ4v) is 2.62. The normalized spacial score (nSPS) is 21.4. The highest BCUT2D eigenvalue weighted by molar-refractivity contribution is 6.40. The predicted octanol–water partition coefficient (Wildman–Crippen LogP) is 3.65. The first-order chi connectivity index (χ1) is 9.66. The average molecular weight is 318 g/mol. The second-order valence-corrected chi connectivity index (χ2v) is 5.87. The van der Waals surface area contributed by atoms with Crippen molar-refractivity contribution >= 4 is 23.2 Å². The van der Waals surface area contributed by atoms with E-state index in [4.69, 9.17) is 32.7 Å². The smallest absolute Gasteiger partial charge is 0.101 e. The first kappa shape index (κ1) is 15.9. The van der Waals surface area contributed by atoms with Gasteiger partial charge in [0.2, 0.25) is 0 Å². The van der Waals surface area contributed by atoms with Crippen molar-refractivity contribution in [3.63, 3.8) is 0 Å². The van der Waals surface area contributed by atoms with Crippen LogP contribution in [0.15, 0.2) is 33.5 Å². The summed E-state index contributed by atoms with van der Waals surface area (Å²) in [4.78, 5) is 2.40. The molecule has 0 aromatic carbocycles. The summed E-state index contributed by atoms with van der Waals surface area (Å²) >= 11 is 12.3. The summed E-state index contributed by atoms with van der Waals surface area (Å²) < 4.78 is 11.1. The Labute approximate surface area is 130 Å². The number of nitrogens with zero attached hydrogens (tertiary/aromatic N) is 1. The Morgan fingerprint density at radius 1 is 1.25 bits per heavy atom. The summed E-state index contributed by atoms with van der Waals surface area (Å²) in [6.07, 6.45) is 5.50. The highest BCUT2D eigenvalue weighted by atomic mass is 35.5. The molecule has 0 radical (unpaired) electrons. The Kier molecular flexibility index (Phi) is 6.43. The van der Waals surface area contributed by atoms with Gasteiger partial charge in [-0.1, -0.05) is 29.3 Å². The van der Waals surface area contributed by atoms with Crippen molar-refractivity contribution in [1.82, 2.24) is 4.90 Å². The van der Waals surface area contributed by atoms with E-state index in [1.165, 1.54) is 0 Å². The average Bonchev–Trinajstić information content (AvgIpc) is 2.59. The molecule has 1 heterocycles. The van der Waals surface area contributed by atoms with Crippen LogP contribution in [0.1, 0.15) is 19.8 Å². The molecule has 0 saturated carbocycles. The van der Waals surface area contributed by atoms with Gasteiger partial charge >= 0.3 is 0 Å². The molecule has 0 aromatic heterocycles. The third kappa shape index (κ3) is 4.81. The fraction of sp³-hybridized carbons (Fsp3) is 0.600. The van der Waals surface area contributed by atoms with E-state index in [1.807, 2.05) is 19.1 Å². The number of morpholine rings is 1. The molecule has 112 valence electrons. The zero-order valence-corrected chi connectivity index (χ0v) is 13.3. The molecule has 0 bridgehead atoms. The van der Waals surface area contributed by atoms with Gasteiger partial charge in [0.25, 0.3) is 0 Å². The van der Waals surface area contributed by atoms with Gasteiger partial charge in [-0.05, 0) is 25.0 Å². The van der Waals surface area contributed by atoms with E-state index >= 15 is 0 Å². The fourth-order valence-electron chi connectivity index (χ4n) is 2.21. The van der Waals surface area contributed by atoms with Crippen molar-refractivity contribution in [2.75, 3.05) is 39.5 Å². The van der Waals surface area contributed by atoms with E-state index in [0.717, 1.165) is 50.6 Å². The summed E-state index contributed by atoms with van der Waals surface area (Å²) in [7, 11) is 0. The van der Waals surface area contributed by atoms with Crippen LogP contribution in [-0.4, -0.2) is 44.4 Å². The van der Waals surface area contributed by atoms with Crippen LogP contribution in [0, 0.1) is 0 Å². The van der Waals surface area contributed by atoms with Crippen molar-refractivity contribution < 1.29 is 9.47 Å². The molecule has 1 aliphatic carbocycles. The van der Waals surface area contributed by atoms with Crippen molar-refractivity contribution in [3.05, 3.63) is 33.5 Å². The first-order valence-electron chi connectivity index (χ1n) is 7.01. The third-order valence-corrected chi connectivity index (χ3v) is 4.39. The van der Waals surface area contributed by atoms with Crippen LogP contribution in [0.4, 0.5) is 0 Å². The molecular weight excluding hydrogens is 297 g/mol. The number of allylic oxidation sites excluding steroid dienone is 5. The molecule has 2 aliphatic rings. The van der Waals surface area contributed by atoms with Crippen LogP contribution in [0.2, 0.25) is 0 Å². The monoisotopic (exact) mass is 317 g/mol. The molecule has 0 spiro atoms. The quantitative estimate of drug-likeness (QED) is 0.722. The van der Waals surface area contributed by atoms with Crippen LogP contribution in [-0.2, 0) is 9.47 Å². The van der Waals surface area contributed by atoms with E-state index in [1.54, 1.807) is 0 Å². The van der Waals surface area contributed by atoms with Crippen molar-refractivity contribution in [1.29, 1.82) is 0 Å². The molecule has 0 atom stereocenters. The standard InChI is InChI=1S/C15H21Cl2NO2/c1-12-3-4-13(11-14(16)15(12)17)20-8-2-5-18-6-9-19-10-7-18/h3-4H,2,5-11H2,1H3. The molecule has 2 rings (SSSR count). The highest BCUT2D eigenvalue weighted by Crippen LogP contribution is 2.30. The van der Waals surface area contributed by atoms with Crippen molar-refractivity contribution in [3.8, 4) is 0 Å². The van der Waals surface area contributed by atoms with Crippen LogP contribution < -0.4 is 0 Å². The van der Waals surface area contributed by atoms with Gasteiger partial charge in [-0.25, -0.2) is 0 Å². The molecule has 3 nitrogen and oxygen atoms in total. The molecule has 1 aliphatic heterocycles. The Hall–Kier alpha value is -0.480. The molecule has 1 fully saturated rings. The molecule has 0 N–H and O–H groups in total. The molecule has 0 unspecified atom stereocenters. The van der Waals surface area contributed by atoms with E-state index in [-0.39, 0.29) is 0 Å². The maximum Gasteiger partial charge on any atom is 0.101 e. The van der Waals surface area contributed by atoms with Crippen LogP contribution in [0.3, 0.4) is 0 Å². The SMILES string of the molecule is CC1=CC=C(OCCCN2CCOCC2)CC(Cl)=C1Cl. The largest absolute Gasteiger partial charge is 0.498 e. The number of hydrogen-bond donors (Lipinski definition) is 0. The molecule has 20 heavy (non-hydrogen) atoms. The Morgan fingerprint density at radius 3 is 2.75 bits per heavy atom. The Balaban J connectivity index is 1.72. The topological polar surface area (TPSA) is 21.7 Å². The molecule has 0 amide bonds. The first-order valence-corrected chi connectivity index (χ1v) is 7.77. The highest BCUT2D eigenvalue weighted by Gasteiger charge is 2.12. The molecule has 0 aromatic rings. The number of ether oxygens (including phenoxy) is 2. The lowest BCUT2D eigenvalue weighted by Gasteiger charge is -2.26. The van der Waals surface area contributed by atoms with Gasteiger partial charge in [-0.15, -0.1) is 0 Å². The summed E-state index contributed by atoms with van der Waals surface area (Å²) in [5.74, 6) is 0.881. The minimum absolute atomic E-state index is 0.575. The number of rotatable bonds is 5. The Bertz CT molecular complexity index is 418. The lowest BCUT2D eigenvalue weighted by molar-refractivity contribution is 0.0343. The predicted molar refractivity (Wildman–Crippen MR) is 83.0 cm³/mol. The summed E-state index contributed by atoms with van der Waals surface area (Å²) in [5.41, 5.74) is 0.976. The Morgan fingerprint density at radius 2 is 2.00 bits per heavy atom. The van der Waals surface area contributed by atoms with E-state index in [0.29, 0.717) is 23.1 Å². The van der Waals surface area contributed by atoms with Crippen molar-refractivity contribution in [2.45, 2.75) is 19.8 Å². The van der Waals surface area contributed by atoms with Gasteiger partial charge in [0.1, 0.15) is 5.76 Å². The van der Waals surface area contributed by atoms with Crippen LogP contribution in [0.25, 0.3) is 0 Å². The maximum absolute atomic E-state index is 6.16. The van der Waals surface area contributed by atoms with Gasteiger partial charge in [0.05, 0.1) is 24.9 Å². The lowest BCUT2D eigenvalue weighted by atomic mass is 10.2. The second-order valence-electron chi connectivity index (χ2n) is 5.03. The zero-order chi connectivity index (χ0) is 14.4. The summed E-state index contributed by atoms with van der Waals surface area (Å²) in [5, 5.41) is 1.28. The maximum atomic E-state index is 6.16. The summed E-state index contributed by atoms with van der Waals surface area (Å²) in [6, 6.07) is 0. The third-order valence-electron chi connectivity index (χ3n) is 3.44. The van der Waals surface area contributed by atoms with Gasteiger partial charge in [0.15, 0.2) is 0 Å². The zero-order valence-electron chi connectivity index (χ0n) is 11.8. The van der Waals surface area contributed by atoms with Crippen LogP contribution in [0.5, 0.6) is 0 Å². The van der Waals surface area contributed by atoms with Gasteiger partial charge in [-0.2, -0.15) is 0 Å². The molecule has 5 heteroatoms. The minimum atomic E-state index is 0.575. The second kappa shape index (κ2) is 8.08. The summed E-state index contributed by atoms with van der Waals surface area (Å²) in [6.45, 7) is 7.43. The van der Waals surface area contributed by atoms with Gasteiger partial charge in [0, 0.05) is 31.1 Å². The molecular formula is C15H21Cl2NO2. The van der Waals surface area contributed by atoms with E-state index < -0.39 is 0 Å². The van der Waals surface area contributed by atoms with Gasteiger partial charge < -0.3 is 9.47 Å². The lowest BCUT2D eigenvalue weighted by Crippen LogP contribution is -2.37.